The molecule has 0 aromatic rings. The van der Waals surface area contributed by atoms with E-state index in [0.29, 0.717) is 0 Å². The van der Waals surface area contributed by atoms with Gasteiger partial charge in [0.15, 0.2) is 0 Å². The number of rotatable bonds is 3. The van der Waals surface area contributed by atoms with Crippen molar-refractivity contribution in [3.8, 4) is 0 Å². The van der Waals surface area contributed by atoms with Crippen molar-refractivity contribution in [1.29, 1.82) is 0 Å². The largest absolute Gasteiger partial charge is 0.303 e. The van der Waals surface area contributed by atoms with Crippen molar-refractivity contribution in [2.45, 2.75) is 32.6 Å². The third kappa shape index (κ3) is 3.90. The monoisotopic (exact) mass is 233 g/mol. The SMILES string of the molecule is CC(CBr)CN1CCCCCC1. The van der Waals surface area contributed by atoms with E-state index < -0.39 is 0 Å². The van der Waals surface area contributed by atoms with Crippen LogP contribution in [0.1, 0.15) is 32.6 Å². The van der Waals surface area contributed by atoms with Crippen LogP contribution in [0.2, 0.25) is 0 Å². The van der Waals surface area contributed by atoms with Gasteiger partial charge in [0.25, 0.3) is 0 Å². The number of halogens is 1. The highest BCUT2D eigenvalue weighted by atomic mass is 79.9. The third-order valence-corrected chi connectivity index (χ3v) is 3.64. The molecule has 1 unspecified atom stereocenters. The quantitative estimate of drug-likeness (QED) is 0.679. The fourth-order valence-electron chi connectivity index (χ4n) is 1.81. The first-order valence-corrected chi connectivity index (χ1v) is 6.23. The summed E-state index contributed by atoms with van der Waals surface area (Å²) in [5.74, 6) is 0.808. The van der Waals surface area contributed by atoms with Gasteiger partial charge in [-0.1, -0.05) is 35.7 Å². The third-order valence-electron chi connectivity index (χ3n) is 2.53. The molecule has 0 saturated carbocycles. The molecule has 2 heteroatoms. The lowest BCUT2D eigenvalue weighted by Crippen LogP contribution is -2.29. The average molecular weight is 234 g/mol. The van der Waals surface area contributed by atoms with E-state index in [1.165, 1.54) is 45.3 Å². The fourth-order valence-corrected chi connectivity index (χ4v) is 2.01. The number of alkyl halides is 1. The van der Waals surface area contributed by atoms with E-state index in [2.05, 4.69) is 27.8 Å². The molecule has 0 aliphatic carbocycles. The lowest BCUT2D eigenvalue weighted by molar-refractivity contribution is 0.256. The maximum Gasteiger partial charge on any atom is 0.00692 e. The molecule has 0 aromatic heterocycles. The highest BCUT2D eigenvalue weighted by Crippen LogP contribution is 2.12. The fraction of sp³-hybridized carbons (Fsp3) is 1.00. The van der Waals surface area contributed by atoms with Gasteiger partial charge in [0.2, 0.25) is 0 Å². The molecule has 0 amide bonds. The van der Waals surface area contributed by atoms with Crippen molar-refractivity contribution >= 4 is 15.9 Å². The van der Waals surface area contributed by atoms with E-state index in [1.807, 2.05) is 0 Å². The van der Waals surface area contributed by atoms with Crippen molar-refractivity contribution in [3.63, 3.8) is 0 Å². The Labute approximate surface area is 84.6 Å². The highest BCUT2D eigenvalue weighted by molar-refractivity contribution is 9.09. The molecule has 0 radical (unpaired) electrons. The highest BCUT2D eigenvalue weighted by Gasteiger charge is 2.11. The van der Waals surface area contributed by atoms with Gasteiger partial charge in [0, 0.05) is 11.9 Å². The van der Waals surface area contributed by atoms with Crippen molar-refractivity contribution < 1.29 is 0 Å². The molecule has 72 valence electrons. The molecule has 0 aromatic carbocycles. The predicted octanol–water partition coefficient (Wildman–Crippen LogP) is 2.89. The molecule has 1 atom stereocenters. The average Bonchev–Trinajstić information content (AvgIpc) is 2.33. The van der Waals surface area contributed by atoms with Gasteiger partial charge in [-0.05, 0) is 31.8 Å². The zero-order valence-corrected chi connectivity index (χ0v) is 9.65. The number of hydrogen-bond donors (Lipinski definition) is 0. The molecule has 12 heavy (non-hydrogen) atoms. The maximum absolute atomic E-state index is 3.53. The van der Waals surface area contributed by atoms with Crippen LogP contribution in [0.25, 0.3) is 0 Å². The lowest BCUT2D eigenvalue weighted by atomic mass is 10.2. The standard InChI is InChI=1S/C10H20BrN/c1-10(8-11)9-12-6-4-2-3-5-7-12/h10H,2-9H2,1H3. The molecule has 0 N–H and O–H groups in total. The first kappa shape index (κ1) is 10.5. The first-order valence-electron chi connectivity index (χ1n) is 5.11. The van der Waals surface area contributed by atoms with E-state index in [-0.39, 0.29) is 0 Å². The molecule has 0 spiro atoms. The second-order valence-corrected chi connectivity index (χ2v) is 4.62. The van der Waals surface area contributed by atoms with Crippen LogP contribution in [0.5, 0.6) is 0 Å². The van der Waals surface area contributed by atoms with Crippen LogP contribution in [0.4, 0.5) is 0 Å². The molecular weight excluding hydrogens is 214 g/mol. The first-order chi connectivity index (χ1) is 5.83. The molecule has 1 rings (SSSR count). The Hall–Kier alpha value is 0.440. The minimum atomic E-state index is 0.808. The molecule has 1 heterocycles. The Morgan fingerprint density at radius 2 is 1.75 bits per heavy atom. The van der Waals surface area contributed by atoms with Gasteiger partial charge in [0.05, 0.1) is 0 Å². The number of hydrogen-bond acceptors (Lipinski definition) is 1. The summed E-state index contributed by atoms with van der Waals surface area (Å²) in [7, 11) is 0. The van der Waals surface area contributed by atoms with Crippen LogP contribution < -0.4 is 0 Å². The molecular formula is C10H20BrN. The van der Waals surface area contributed by atoms with Crippen LogP contribution in [-0.2, 0) is 0 Å². The Morgan fingerprint density at radius 3 is 2.25 bits per heavy atom. The van der Waals surface area contributed by atoms with Gasteiger partial charge in [-0.25, -0.2) is 0 Å². The summed E-state index contributed by atoms with van der Waals surface area (Å²) in [5.41, 5.74) is 0. The van der Waals surface area contributed by atoms with Gasteiger partial charge >= 0.3 is 0 Å². The normalized spacial score (nSPS) is 23.5. The zero-order chi connectivity index (χ0) is 8.81. The zero-order valence-electron chi connectivity index (χ0n) is 8.06. The van der Waals surface area contributed by atoms with Crippen LogP contribution in [0, 0.1) is 5.92 Å². The summed E-state index contributed by atoms with van der Waals surface area (Å²) in [6.45, 7) is 6.26. The maximum atomic E-state index is 3.53. The minimum Gasteiger partial charge on any atom is -0.303 e. The second kappa shape index (κ2) is 5.98. The van der Waals surface area contributed by atoms with Crippen molar-refractivity contribution in [3.05, 3.63) is 0 Å². The smallest absolute Gasteiger partial charge is 0.00692 e. The summed E-state index contributed by atoms with van der Waals surface area (Å²) in [5, 5.41) is 1.14. The Kier molecular flexibility index (Phi) is 5.24. The van der Waals surface area contributed by atoms with E-state index in [1.54, 1.807) is 0 Å². The predicted molar refractivity (Wildman–Crippen MR) is 57.9 cm³/mol. The Bertz CT molecular complexity index is 108. The number of likely N-dealkylation sites (tertiary alicyclic amines) is 1. The Morgan fingerprint density at radius 1 is 1.17 bits per heavy atom. The summed E-state index contributed by atoms with van der Waals surface area (Å²) in [6.07, 6.45) is 5.71. The van der Waals surface area contributed by atoms with Gasteiger partial charge in [-0.2, -0.15) is 0 Å². The van der Waals surface area contributed by atoms with Gasteiger partial charge in [-0.15, -0.1) is 0 Å². The second-order valence-electron chi connectivity index (χ2n) is 3.97. The van der Waals surface area contributed by atoms with Crippen molar-refractivity contribution in [2.75, 3.05) is 25.0 Å². The van der Waals surface area contributed by atoms with Crippen LogP contribution in [0.15, 0.2) is 0 Å². The van der Waals surface area contributed by atoms with E-state index >= 15 is 0 Å². The molecule has 1 aliphatic rings. The van der Waals surface area contributed by atoms with Crippen LogP contribution >= 0.6 is 15.9 Å². The Balaban J connectivity index is 2.20. The van der Waals surface area contributed by atoms with E-state index in [9.17, 15) is 0 Å². The summed E-state index contributed by atoms with van der Waals surface area (Å²) < 4.78 is 0. The van der Waals surface area contributed by atoms with Crippen LogP contribution in [0.3, 0.4) is 0 Å². The molecule has 1 saturated heterocycles. The van der Waals surface area contributed by atoms with E-state index in [4.69, 9.17) is 0 Å². The lowest BCUT2D eigenvalue weighted by Gasteiger charge is -2.22. The molecule has 1 fully saturated rings. The summed E-state index contributed by atoms with van der Waals surface area (Å²) >= 11 is 3.53. The summed E-state index contributed by atoms with van der Waals surface area (Å²) in [6, 6.07) is 0. The van der Waals surface area contributed by atoms with Gasteiger partial charge < -0.3 is 4.90 Å². The summed E-state index contributed by atoms with van der Waals surface area (Å²) in [4.78, 5) is 2.62. The minimum absolute atomic E-state index is 0.808. The topological polar surface area (TPSA) is 3.24 Å². The van der Waals surface area contributed by atoms with Gasteiger partial charge in [0.1, 0.15) is 0 Å². The van der Waals surface area contributed by atoms with Crippen LogP contribution in [-0.4, -0.2) is 29.9 Å². The molecule has 1 aliphatic heterocycles. The molecule has 0 bridgehead atoms. The number of nitrogens with zero attached hydrogens (tertiary/aromatic N) is 1. The van der Waals surface area contributed by atoms with Gasteiger partial charge in [-0.3, -0.25) is 0 Å². The van der Waals surface area contributed by atoms with E-state index in [0.717, 1.165) is 11.2 Å². The van der Waals surface area contributed by atoms with Crippen molar-refractivity contribution in [1.82, 2.24) is 4.90 Å². The molecule has 1 nitrogen and oxygen atoms in total. The van der Waals surface area contributed by atoms with Crippen molar-refractivity contribution in [2.24, 2.45) is 5.92 Å².